The first-order chi connectivity index (χ1) is 14.0. The molecule has 0 aromatic heterocycles. The first-order valence-corrected chi connectivity index (χ1v) is 9.63. The van der Waals surface area contributed by atoms with Crippen molar-refractivity contribution in [2.24, 2.45) is 5.73 Å². The van der Waals surface area contributed by atoms with Crippen LogP contribution in [-0.4, -0.2) is 42.2 Å². The largest absolute Gasteiger partial charge is 0.493 e. The van der Waals surface area contributed by atoms with Gasteiger partial charge in [0.2, 0.25) is 5.91 Å². The highest BCUT2D eigenvalue weighted by atomic mass is 16.5. The minimum absolute atomic E-state index is 0.0605. The zero-order chi connectivity index (χ0) is 20.6. The number of benzene rings is 2. The lowest BCUT2D eigenvalue weighted by Crippen LogP contribution is -2.29. The number of rotatable bonds is 8. The van der Waals surface area contributed by atoms with Crippen LogP contribution in [0.1, 0.15) is 34.3 Å². The third kappa shape index (κ3) is 5.89. The van der Waals surface area contributed by atoms with E-state index in [9.17, 15) is 14.4 Å². The number of nitrogens with one attached hydrogen (secondary N) is 1. The van der Waals surface area contributed by atoms with Crippen LogP contribution >= 0.6 is 0 Å². The molecule has 1 fully saturated rings. The molecule has 0 spiro atoms. The molecule has 29 heavy (non-hydrogen) atoms. The summed E-state index contributed by atoms with van der Waals surface area (Å²) in [5, 5.41) is 2.88. The minimum Gasteiger partial charge on any atom is -0.493 e. The first-order valence-electron chi connectivity index (χ1n) is 9.63. The van der Waals surface area contributed by atoms with E-state index in [4.69, 9.17) is 10.5 Å². The molecule has 0 bridgehead atoms. The van der Waals surface area contributed by atoms with Crippen LogP contribution in [0.25, 0.3) is 0 Å². The minimum atomic E-state index is -0.146. The van der Waals surface area contributed by atoms with E-state index in [-0.39, 0.29) is 37.2 Å². The Bertz CT molecular complexity index is 863. The SMILES string of the molecule is NCc1ccc(C(=O)NCc2ccc(OCCC(=O)N3CCC(=O)C3)cc2)cc1. The summed E-state index contributed by atoms with van der Waals surface area (Å²) in [6.45, 7) is 1.84. The van der Waals surface area contributed by atoms with Crippen molar-refractivity contribution >= 4 is 17.6 Å². The van der Waals surface area contributed by atoms with Crippen molar-refractivity contribution in [1.29, 1.82) is 0 Å². The van der Waals surface area contributed by atoms with E-state index < -0.39 is 0 Å². The number of amides is 2. The second-order valence-electron chi connectivity index (χ2n) is 6.93. The summed E-state index contributed by atoms with van der Waals surface area (Å²) in [5.41, 5.74) is 8.07. The second-order valence-corrected chi connectivity index (χ2v) is 6.93. The van der Waals surface area contributed by atoms with Crippen LogP contribution in [0.2, 0.25) is 0 Å². The maximum absolute atomic E-state index is 12.2. The van der Waals surface area contributed by atoms with Gasteiger partial charge in [-0.3, -0.25) is 14.4 Å². The van der Waals surface area contributed by atoms with Crippen molar-refractivity contribution < 1.29 is 19.1 Å². The number of carbonyl (C=O) groups excluding carboxylic acids is 3. The van der Waals surface area contributed by atoms with Gasteiger partial charge in [0.1, 0.15) is 5.75 Å². The Labute approximate surface area is 169 Å². The Morgan fingerprint density at radius 2 is 1.72 bits per heavy atom. The average Bonchev–Trinajstić information content (AvgIpc) is 3.19. The van der Waals surface area contributed by atoms with E-state index >= 15 is 0 Å². The van der Waals surface area contributed by atoms with Gasteiger partial charge in [-0.25, -0.2) is 0 Å². The molecular formula is C22H25N3O4. The number of hydrogen-bond donors (Lipinski definition) is 2. The van der Waals surface area contributed by atoms with Crippen LogP contribution in [0.3, 0.4) is 0 Å². The molecule has 1 saturated heterocycles. The Balaban J connectivity index is 1.40. The maximum Gasteiger partial charge on any atom is 0.251 e. The van der Waals surface area contributed by atoms with Crippen LogP contribution in [0.4, 0.5) is 0 Å². The van der Waals surface area contributed by atoms with Crippen molar-refractivity contribution in [1.82, 2.24) is 10.2 Å². The number of Topliss-reactive ketones (excluding diaryl/α,β-unsaturated/α-hetero) is 1. The molecule has 1 heterocycles. The zero-order valence-corrected chi connectivity index (χ0v) is 16.2. The third-order valence-electron chi connectivity index (χ3n) is 4.79. The fourth-order valence-electron chi connectivity index (χ4n) is 3.04. The molecule has 0 saturated carbocycles. The van der Waals surface area contributed by atoms with Gasteiger partial charge in [0.05, 0.1) is 19.6 Å². The van der Waals surface area contributed by atoms with E-state index in [1.807, 2.05) is 24.3 Å². The normalized spacial score (nSPS) is 13.4. The molecule has 0 atom stereocenters. The molecule has 0 aliphatic carbocycles. The molecule has 2 aromatic rings. The van der Waals surface area contributed by atoms with Crippen molar-refractivity contribution in [2.75, 3.05) is 19.7 Å². The van der Waals surface area contributed by atoms with Gasteiger partial charge < -0.3 is 20.7 Å². The highest BCUT2D eigenvalue weighted by Crippen LogP contribution is 2.13. The molecule has 2 amide bonds. The topological polar surface area (TPSA) is 102 Å². The van der Waals surface area contributed by atoms with Gasteiger partial charge in [-0.1, -0.05) is 24.3 Å². The summed E-state index contributed by atoms with van der Waals surface area (Å²) in [6, 6.07) is 14.5. The van der Waals surface area contributed by atoms with Crippen LogP contribution in [-0.2, 0) is 22.7 Å². The van der Waals surface area contributed by atoms with E-state index in [1.54, 1.807) is 29.2 Å². The Morgan fingerprint density at radius 3 is 2.34 bits per heavy atom. The highest BCUT2D eigenvalue weighted by Gasteiger charge is 2.23. The van der Waals surface area contributed by atoms with Crippen LogP contribution in [0.5, 0.6) is 5.75 Å². The highest BCUT2D eigenvalue weighted by molar-refractivity contribution is 5.94. The summed E-state index contributed by atoms with van der Waals surface area (Å²) >= 11 is 0. The molecule has 1 aliphatic heterocycles. The quantitative estimate of drug-likeness (QED) is 0.708. The lowest BCUT2D eigenvalue weighted by Gasteiger charge is -2.14. The lowest BCUT2D eigenvalue weighted by molar-refractivity contribution is -0.132. The molecule has 0 unspecified atom stereocenters. The molecule has 3 N–H and O–H groups in total. The van der Waals surface area contributed by atoms with Crippen molar-refractivity contribution in [3.05, 3.63) is 65.2 Å². The molecule has 3 rings (SSSR count). The predicted octanol–water partition coefficient (Wildman–Crippen LogP) is 1.65. The van der Waals surface area contributed by atoms with Crippen molar-refractivity contribution in [3.63, 3.8) is 0 Å². The van der Waals surface area contributed by atoms with Gasteiger partial charge >= 0.3 is 0 Å². The smallest absolute Gasteiger partial charge is 0.251 e. The Morgan fingerprint density at radius 1 is 1.03 bits per heavy atom. The fraction of sp³-hybridized carbons (Fsp3) is 0.318. The number of nitrogens with zero attached hydrogens (tertiary/aromatic N) is 1. The molecule has 7 heteroatoms. The lowest BCUT2D eigenvalue weighted by atomic mass is 10.1. The van der Waals surface area contributed by atoms with Crippen LogP contribution < -0.4 is 15.8 Å². The summed E-state index contributed by atoms with van der Waals surface area (Å²) in [4.78, 5) is 37.0. The molecule has 2 aromatic carbocycles. The van der Waals surface area contributed by atoms with Gasteiger partial charge in [0.25, 0.3) is 5.91 Å². The van der Waals surface area contributed by atoms with E-state index in [1.165, 1.54) is 0 Å². The molecule has 1 aliphatic rings. The van der Waals surface area contributed by atoms with Gasteiger partial charge in [0.15, 0.2) is 5.78 Å². The van der Waals surface area contributed by atoms with E-state index in [0.717, 1.165) is 11.1 Å². The summed E-state index contributed by atoms with van der Waals surface area (Å²) in [7, 11) is 0. The summed E-state index contributed by atoms with van der Waals surface area (Å²) < 4.78 is 5.60. The van der Waals surface area contributed by atoms with E-state index in [2.05, 4.69) is 5.32 Å². The fourth-order valence-corrected chi connectivity index (χ4v) is 3.04. The number of ketones is 1. The molecule has 0 radical (unpaired) electrons. The van der Waals surface area contributed by atoms with E-state index in [0.29, 0.717) is 37.4 Å². The number of ether oxygens (including phenoxy) is 1. The van der Waals surface area contributed by atoms with Gasteiger partial charge in [0, 0.05) is 31.6 Å². The average molecular weight is 395 g/mol. The van der Waals surface area contributed by atoms with Gasteiger partial charge in [-0.05, 0) is 35.4 Å². The summed E-state index contributed by atoms with van der Waals surface area (Å²) in [6.07, 6.45) is 0.692. The first kappa shape index (κ1) is 20.5. The summed E-state index contributed by atoms with van der Waals surface area (Å²) in [5.74, 6) is 0.555. The predicted molar refractivity (Wildman–Crippen MR) is 108 cm³/mol. The Kier molecular flexibility index (Phi) is 6.97. The van der Waals surface area contributed by atoms with Gasteiger partial charge in [-0.15, -0.1) is 0 Å². The molecule has 7 nitrogen and oxygen atoms in total. The second kappa shape index (κ2) is 9.84. The standard InChI is InChI=1S/C22H25N3O4/c23-13-16-1-5-18(6-2-16)22(28)24-14-17-3-7-20(8-4-17)29-12-10-21(27)25-11-9-19(26)15-25/h1-8H,9-15,23H2,(H,24,28). The molecule has 152 valence electrons. The van der Waals surface area contributed by atoms with Crippen molar-refractivity contribution in [2.45, 2.75) is 25.9 Å². The number of likely N-dealkylation sites (tertiary alicyclic amines) is 1. The zero-order valence-electron chi connectivity index (χ0n) is 16.2. The third-order valence-corrected chi connectivity index (χ3v) is 4.79. The van der Waals surface area contributed by atoms with Crippen molar-refractivity contribution in [3.8, 4) is 5.75 Å². The van der Waals surface area contributed by atoms with Gasteiger partial charge in [-0.2, -0.15) is 0 Å². The number of nitrogens with two attached hydrogens (primary N) is 1. The monoisotopic (exact) mass is 395 g/mol. The molecular weight excluding hydrogens is 370 g/mol. The Hall–Kier alpha value is -3.19. The van der Waals surface area contributed by atoms with Crippen LogP contribution in [0.15, 0.2) is 48.5 Å². The van der Waals surface area contributed by atoms with Crippen LogP contribution in [0, 0.1) is 0 Å². The number of carbonyl (C=O) groups is 3. The maximum atomic E-state index is 12.2. The number of hydrogen-bond acceptors (Lipinski definition) is 5.